The van der Waals surface area contributed by atoms with Crippen molar-refractivity contribution in [3.8, 4) is 0 Å². The second-order valence-electron chi connectivity index (χ2n) is 4.17. The van der Waals surface area contributed by atoms with E-state index in [1.807, 2.05) is 38.4 Å². The molecular formula is C12H20N2O2. The lowest BCUT2D eigenvalue weighted by Crippen LogP contribution is -2.17. The molecule has 0 N–H and O–H groups in total. The molecule has 0 aliphatic heterocycles. The van der Waals surface area contributed by atoms with Gasteiger partial charge in [-0.3, -0.25) is 9.48 Å². The Kier molecular flexibility index (Phi) is 4.68. The van der Waals surface area contributed by atoms with Crippen molar-refractivity contribution < 1.29 is 9.53 Å². The summed E-state index contributed by atoms with van der Waals surface area (Å²) in [5, 5.41) is 4.30. The highest BCUT2D eigenvalue weighted by atomic mass is 16.5. The van der Waals surface area contributed by atoms with Crippen LogP contribution < -0.4 is 0 Å². The molecule has 4 nitrogen and oxygen atoms in total. The third-order valence-electron chi connectivity index (χ3n) is 2.24. The molecule has 0 radical (unpaired) electrons. The second-order valence-corrected chi connectivity index (χ2v) is 4.17. The second kappa shape index (κ2) is 5.80. The highest BCUT2D eigenvalue weighted by Gasteiger charge is 2.10. The van der Waals surface area contributed by atoms with Gasteiger partial charge >= 0.3 is 0 Å². The van der Waals surface area contributed by atoms with Gasteiger partial charge in [0.2, 0.25) is 0 Å². The van der Waals surface area contributed by atoms with Crippen LogP contribution in [0.1, 0.15) is 32.2 Å². The Balaban J connectivity index is 2.55. The van der Waals surface area contributed by atoms with Gasteiger partial charge in [-0.2, -0.15) is 5.10 Å². The summed E-state index contributed by atoms with van der Waals surface area (Å²) >= 11 is 0. The Bertz CT molecular complexity index is 356. The highest BCUT2D eigenvalue weighted by Crippen LogP contribution is 2.05. The number of Topliss-reactive ketones (excluding diaryl/α,β-unsaturated/α-hetero) is 1. The topological polar surface area (TPSA) is 44.1 Å². The normalized spacial score (nSPS) is 11.1. The Morgan fingerprint density at radius 1 is 1.56 bits per heavy atom. The molecule has 0 aliphatic rings. The summed E-state index contributed by atoms with van der Waals surface area (Å²) in [4.78, 5) is 11.6. The molecule has 90 valence electrons. The fourth-order valence-electron chi connectivity index (χ4n) is 1.53. The minimum atomic E-state index is 0.0989. The van der Waals surface area contributed by atoms with Gasteiger partial charge in [-0.15, -0.1) is 0 Å². The summed E-state index contributed by atoms with van der Waals surface area (Å²) in [6.45, 7) is 8.78. The zero-order valence-corrected chi connectivity index (χ0v) is 10.5. The van der Waals surface area contributed by atoms with Crippen molar-refractivity contribution in [1.29, 1.82) is 0 Å². The molecule has 4 heteroatoms. The van der Waals surface area contributed by atoms with E-state index in [9.17, 15) is 4.79 Å². The van der Waals surface area contributed by atoms with Crippen molar-refractivity contribution in [3.05, 3.63) is 17.5 Å². The van der Waals surface area contributed by atoms with Crippen molar-refractivity contribution >= 4 is 5.78 Å². The van der Waals surface area contributed by atoms with Crippen LogP contribution in [0.2, 0.25) is 0 Å². The van der Waals surface area contributed by atoms with E-state index < -0.39 is 0 Å². The molecule has 1 rings (SSSR count). The van der Waals surface area contributed by atoms with Crippen LogP contribution in [0.15, 0.2) is 6.07 Å². The lowest BCUT2D eigenvalue weighted by atomic mass is 10.2. The predicted octanol–water partition coefficient (Wildman–Crippen LogP) is 1.75. The molecule has 1 aromatic rings. The molecule has 0 aromatic carbocycles. The number of carbonyl (C=O) groups is 1. The molecule has 0 aliphatic carbocycles. The molecule has 0 bridgehead atoms. The maximum Gasteiger partial charge on any atom is 0.164 e. The fraction of sp³-hybridized carbons (Fsp3) is 0.667. The molecule has 1 aromatic heterocycles. The van der Waals surface area contributed by atoms with Gasteiger partial charge in [0, 0.05) is 12.2 Å². The number of aromatic nitrogens is 2. The first-order chi connectivity index (χ1) is 7.52. The number of ketones is 1. The number of ether oxygens (including phenoxy) is 1. The zero-order valence-electron chi connectivity index (χ0n) is 10.5. The maximum atomic E-state index is 11.6. The third-order valence-corrected chi connectivity index (χ3v) is 2.24. The summed E-state index contributed by atoms with van der Waals surface area (Å²) in [5.41, 5.74) is 1.92. The standard InChI is InChI=1S/C12H20N2O2/c1-5-14-11(6-10(4)13-14)7-12(15)8-16-9(2)3/h6,9H,5,7-8H2,1-4H3. The van der Waals surface area contributed by atoms with Gasteiger partial charge in [-0.05, 0) is 33.8 Å². The molecule has 0 unspecified atom stereocenters. The van der Waals surface area contributed by atoms with Crippen molar-refractivity contribution in [1.82, 2.24) is 9.78 Å². The van der Waals surface area contributed by atoms with Crippen LogP contribution in [0, 0.1) is 6.92 Å². The zero-order chi connectivity index (χ0) is 12.1. The van der Waals surface area contributed by atoms with Crippen molar-refractivity contribution in [2.45, 2.75) is 46.8 Å². The van der Waals surface area contributed by atoms with E-state index in [0.29, 0.717) is 6.42 Å². The van der Waals surface area contributed by atoms with E-state index in [-0.39, 0.29) is 18.5 Å². The Morgan fingerprint density at radius 2 is 2.25 bits per heavy atom. The van der Waals surface area contributed by atoms with E-state index in [2.05, 4.69) is 5.10 Å². The van der Waals surface area contributed by atoms with E-state index >= 15 is 0 Å². The predicted molar refractivity (Wildman–Crippen MR) is 62.4 cm³/mol. The lowest BCUT2D eigenvalue weighted by molar-refractivity contribution is -0.124. The van der Waals surface area contributed by atoms with Gasteiger partial charge < -0.3 is 4.74 Å². The van der Waals surface area contributed by atoms with Crippen molar-refractivity contribution in [2.24, 2.45) is 0 Å². The lowest BCUT2D eigenvalue weighted by Gasteiger charge is -2.07. The largest absolute Gasteiger partial charge is 0.371 e. The Labute approximate surface area is 96.6 Å². The van der Waals surface area contributed by atoms with Gasteiger partial charge in [-0.1, -0.05) is 0 Å². The summed E-state index contributed by atoms with van der Waals surface area (Å²) in [5.74, 6) is 0.100. The van der Waals surface area contributed by atoms with Crippen molar-refractivity contribution in [2.75, 3.05) is 6.61 Å². The monoisotopic (exact) mass is 224 g/mol. The molecule has 0 spiro atoms. The molecule has 0 atom stereocenters. The van der Waals surface area contributed by atoms with Gasteiger partial charge in [0.1, 0.15) is 6.61 Å². The van der Waals surface area contributed by atoms with Crippen LogP contribution in [0.5, 0.6) is 0 Å². The number of nitrogens with zero attached hydrogens (tertiary/aromatic N) is 2. The van der Waals surface area contributed by atoms with Crippen LogP contribution in [0.25, 0.3) is 0 Å². The first-order valence-electron chi connectivity index (χ1n) is 5.69. The number of aryl methyl sites for hydroxylation is 2. The van der Waals surface area contributed by atoms with E-state index in [0.717, 1.165) is 17.9 Å². The first kappa shape index (κ1) is 12.9. The van der Waals surface area contributed by atoms with Gasteiger partial charge in [0.15, 0.2) is 5.78 Å². The number of carbonyl (C=O) groups excluding carboxylic acids is 1. The van der Waals surface area contributed by atoms with Gasteiger partial charge in [0.05, 0.1) is 18.2 Å². The SMILES string of the molecule is CCn1nc(C)cc1CC(=O)COC(C)C. The average molecular weight is 224 g/mol. The van der Waals surface area contributed by atoms with Crippen LogP contribution in [0.4, 0.5) is 0 Å². The van der Waals surface area contributed by atoms with Crippen molar-refractivity contribution in [3.63, 3.8) is 0 Å². The molecule has 16 heavy (non-hydrogen) atoms. The van der Waals surface area contributed by atoms with E-state index in [1.54, 1.807) is 0 Å². The summed E-state index contributed by atoms with van der Waals surface area (Å²) < 4.78 is 7.14. The number of hydrogen-bond donors (Lipinski definition) is 0. The highest BCUT2D eigenvalue weighted by molar-refractivity contribution is 5.81. The smallest absolute Gasteiger partial charge is 0.164 e. The van der Waals surface area contributed by atoms with Crippen LogP contribution >= 0.6 is 0 Å². The third kappa shape index (κ3) is 3.77. The summed E-state index contributed by atoms with van der Waals surface area (Å²) in [7, 11) is 0. The summed E-state index contributed by atoms with van der Waals surface area (Å²) in [6.07, 6.45) is 0.503. The maximum absolute atomic E-state index is 11.6. The number of rotatable bonds is 6. The van der Waals surface area contributed by atoms with E-state index in [1.165, 1.54) is 0 Å². The Morgan fingerprint density at radius 3 is 2.81 bits per heavy atom. The van der Waals surface area contributed by atoms with Crippen LogP contribution in [-0.2, 0) is 22.5 Å². The fourth-order valence-corrected chi connectivity index (χ4v) is 1.53. The first-order valence-corrected chi connectivity index (χ1v) is 5.69. The Hall–Kier alpha value is -1.16. The molecule has 0 fully saturated rings. The molecule has 0 amide bonds. The van der Waals surface area contributed by atoms with E-state index in [4.69, 9.17) is 4.74 Å². The summed E-state index contributed by atoms with van der Waals surface area (Å²) in [6, 6.07) is 1.96. The molecule has 0 saturated carbocycles. The average Bonchev–Trinajstić information content (AvgIpc) is 2.55. The molecular weight excluding hydrogens is 204 g/mol. The van der Waals surface area contributed by atoms with Crippen LogP contribution in [-0.4, -0.2) is 28.3 Å². The minimum absolute atomic E-state index is 0.0989. The molecule has 0 saturated heterocycles. The minimum Gasteiger partial charge on any atom is -0.371 e. The van der Waals surface area contributed by atoms with Crippen LogP contribution in [0.3, 0.4) is 0 Å². The van der Waals surface area contributed by atoms with Gasteiger partial charge in [-0.25, -0.2) is 0 Å². The number of hydrogen-bond acceptors (Lipinski definition) is 3. The molecule has 1 heterocycles. The quantitative estimate of drug-likeness (QED) is 0.739. The van der Waals surface area contributed by atoms with Gasteiger partial charge in [0.25, 0.3) is 0 Å².